The van der Waals surface area contributed by atoms with E-state index in [9.17, 15) is 0 Å². The predicted octanol–water partition coefficient (Wildman–Crippen LogP) is 8.84. The van der Waals surface area contributed by atoms with Gasteiger partial charge in [0.25, 0.3) is 0 Å². The van der Waals surface area contributed by atoms with E-state index in [1.54, 1.807) is 11.1 Å². The van der Waals surface area contributed by atoms with Gasteiger partial charge in [-0.3, -0.25) is 0 Å². The lowest BCUT2D eigenvalue weighted by molar-refractivity contribution is 0.0278. The molecule has 8 unspecified atom stereocenters. The third-order valence-corrected chi connectivity index (χ3v) is 11.2. The zero-order valence-electron chi connectivity index (χ0n) is 18.4. The molecule has 0 heterocycles. The first-order chi connectivity index (χ1) is 13.8. The summed E-state index contributed by atoms with van der Waals surface area (Å²) in [4.78, 5) is 0.749. The van der Waals surface area contributed by atoms with E-state index in [0.29, 0.717) is 11.3 Å². The van der Waals surface area contributed by atoms with Crippen molar-refractivity contribution in [3.05, 3.63) is 39.4 Å². The third kappa shape index (κ3) is 3.17. The van der Waals surface area contributed by atoms with Gasteiger partial charge in [-0.05, 0) is 90.7 Å². The van der Waals surface area contributed by atoms with Crippen LogP contribution in [-0.4, -0.2) is 4.83 Å². The average Bonchev–Trinajstić information content (AvgIpc) is 3.20. The second-order valence-electron chi connectivity index (χ2n) is 11.3. The Labute approximate surface area is 194 Å². The van der Waals surface area contributed by atoms with Crippen LogP contribution in [-0.2, 0) is 0 Å². The molecule has 3 fully saturated rings. The van der Waals surface area contributed by atoms with E-state index in [2.05, 4.69) is 83.8 Å². The van der Waals surface area contributed by atoms with E-state index in [4.69, 9.17) is 0 Å². The number of benzene rings is 1. The van der Waals surface area contributed by atoms with Gasteiger partial charge in [-0.2, -0.15) is 0 Å². The number of hydrogen-bond acceptors (Lipinski definition) is 0. The molecule has 0 aliphatic heterocycles. The van der Waals surface area contributed by atoms with Gasteiger partial charge in [0, 0.05) is 15.2 Å². The molecule has 0 spiro atoms. The molecule has 0 amide bonds. The van der Waals surface area contributed by atoms with Crippen LogP contribution in [0, 0.1) is 40.9 Å². The first-order valence-electron chi connectivity index (χ1n) is 11.9. The van der Waals surface area contributed by atoms with Crippen LogP contribution in [0.4, 0.5) is 0 Å². The van der Waals surface area contributed by atoms with Gasteiger partial charge < -0.3 is 0 Å². The van der Waals surface area contributed by atoms with Crippen molar-refractivity contribution >= 4 is 37.9 Å². The van der Waals surface area contributed by atoms with Crippen molar-refractivity contribution in [1.82, 2.24) is 0 Å². The molecule has 8 atom stereocenters. The van der Waals surface area contributed by atoms with E-state index >= 15 is 0 Å². The SMILES string of the molecule is CC1=Cc2c(Br)cccc2C1C(C)(C)C1C(C)CC2C3CCCCC3C(Br)CC21. The van der Waals surface area contributed by atoms with Crippen molar-refractivity contribution in [3.63, 3.8) is 0 Å². The Morgan fingerprint density at radius 3 is 2.45 bits per heavy atom. The van der Waals surface area contributed by atoms with Crippen LogP contribution in [0.15, 0.2) is 28.2 Å². The summed E-state index contributed by atoms with van der Waals surface area (Å²) in [6, 6.07) is 6.83. The average molecular weight is 520 g/mol. The number of hydrogen-bond donors (Lipinski definition) is 0. The van der Waals surface area contributed by atoms with E-state index in [1.165, 1.54) is 48.6 Å². The molecule has 3 saturated carbocycles. The zero-order chi connectivity index (χ0) is 20.5. The number of rotatable bonds is 2. The van der Waals surface area contributed by atoms with E-state index < -0.39 is 0 Å². The molecule has 4 aliphatic carbocycles. The fourth-order valence-corrected chi connectivity index (χ4v) is 10.4. The van der Waals surface area contributed by atoms with Crippen molar-refractivity contribution in [3.8, 4) is 0 Å². The Balaban J connectivity index is 1.51. The van der Waals surface area contributed by atoms with Crippen LogP contribution in [0.3, 0.4) is 0 Å². The Morgan fingerprint density at radius 1 is 0.966 bits per heavy atom. The highest BCUT2D eigenvalue weighted by Gasteiger charge is 2.57. The summed E-state index contributed by atoms with van der Waals surface area (Å²) >= 11 is 8.01. The van der Waals surface area contributed by atoms with Crippen LogP contribution in [0.1, 0.15) is 83.3 Å². The molecule has 0 bridgehead atoms. The maximum absolute atomic E-state index is 4.19. The Hall–Kier alpha value is -0.0800. The summed E-state index contributed by atoms with van der Waals surface area (Å²) < 4.78 is 1.26. The van der Waals surface area contributed by atoms with Gasteiger partial charge in [0.1, 0.15) is 0 Å². The Kier molecular flexibility index (Phi) is 5.38. The molecule has 1 aromatic rings. The minimum atomic E-state index is 0.291. The van der Waals surface area contributed by atoms with Crippen molar-refractivity contribution in [2.45, 2.75) is 77.0 Å². The molecule has 4 aliphatic rings. The molecule has 29 heavy (non-hydrogen) atoms. The lowest BCUT2D eigenvalue weighted by atomic mass is 9.56. The van der Waals surface area contributed by atoms with Crippen LogP contribution in [0.2, 0.25) is 0 Å². The predicted molar refractivity (Wildman–Crippen MR) is 131 cm³/mol. The number of fused-ring (bicyclic) bond motifs is 4. The fraction of sp³-hybridized carbons (Fsp3) is 0.704. The molecule has 0 N–H and O–H groups in total. The van der Waals surface area contributed by atoms with E-state index in [-0.39, 0.29) is 0 Å². The lowest BCUT2D eigenvalue weighted by Crippen LogP contribution is -2.45. The molecule has 2 heteroatoms. The maximum Gasteiger partial charge on any atom is 0.0250 e. The van der Waals surface area contributed by atoms with Gasteiger partial charge in [-0.1, -0.05) is 89.3 Å². The molecule has 1 aromatic carbocycles. The normalized spacial score (nSPS) is 41.5. The number of allylic oxidation sites excluding steroid dienone is 1. The Bertz CT molecular complexity index is 822. The molecule has 0 aromatic heterocycles. The highest BCUT2D eigenvalue weighted by atomic mass is 79.9. The van der Waals surface area contributed by atoms with Crippen LogP contribution in [0.25, 0.3) is 6.08 Å². The first-order valence-corrected chi connectivity index (χ1v) is 13.6. The van der Waals surface area contributed by atoms with Crippen molar-refractivity contribution < 1.29 is 0 Å². The first kappa shape index (κ1) is 20.8. The molecule has 0 radical (unpaired) electrons. The summed E-state index contributed by atoms with van der Waals surface area (Å²) in [5.74, 6) is 6.01. The summed E-state index contributed by atoms with van der Waals surface area (Å²) in [5, 5.41) is 0. The van der Waals surface area contributed by atoms with Gasteiger partial charge in [-0.25, -0.2) is 0 Å². The standard InChI is InChI=1S/C27H36Br2/c1-15-12-20-17-8-5-6-9-18(17)24(29)14-22(20)26(15)27(3,4)25-16(2)13-21-19(25)10-7-11-23(21)28/h7,10-11,13,15,17-18,20,22,24-26H,5-6,8-9,12,14H2,1-4H3. The van der Waals surface area contributed by atoms with Crippen LogP contribution >= 0.6 is 31.9 Å². The van der Waals surface area contributed by atoms with Gasteiger partial charge in [-0.15, -0.1) is 0 Å². The molecule has 5 rings (SSSR count). The smallest absolute Gasteiger partial charge is 0.0250 e. The minimum absolute atomic E-state index is 0.291. The quantitative estimate of drug-likeness (QED) is 0.342. The van der Waals surface area contributed by atoms with Crippen LogP contribution in [0.5, 0.6) is 0 Å². The molecular formula is C27H36Br2. The molecule has 158 valence electrons. The second-order valence-corrected chi connectivity index (χ2v) is 13.3. The second kappa shape index (κ2) is 7.51. The fourth-order valence-electron chi connectivity index (χ4n) is 8.84. The zero-order valence-corrected chi connectivity index (χ0v) is 21.6. The highest BCUT2D eigenvalue weighted by molar-refractivity contribution is 9.10. The van der Waals surface area contributed by atoms with Crippen LogP contribution < -0.4 is 0 Å². The van der Waals surface area contributed by atoms with Gasteiger partial charge in [0.15, 0.2) is 0 Å². The van der Waals surface area contributed by atoms with Gasteiger partial charge in [0.2, 0.25) is 0 Å². The topological polar surface area (TPSA) is 0 Å². The van der Waals surface area contributed by atoms with Crippen molar-refractivity contribution in [1.29, 1.82) is 0 Å². The summed E-state index contributed by atoms with van der Waals surface area (Å²) in [7, 11) is 0. The van der Waals surface area contributed by atoms with E-state index in [1.807, 2.05) is 0 Å². The summed E-state index contributed by atoms with van der Waals surface area (Å²) in [5.41, 5.74) is 4.84. The molecule has 0 saturated heterocycles. The number of halogens is 2. The largest absolute Gasteiger partial charge is 0.0887 e. The number of alkyl halides is 1. The molecular weight excluding hydrogens is 484 g/mol. The van der Waals surface area contributed by atoms with Crippen molar-refractivity contribution in [2.24, 2.45) is 40.9 Å². The Morgan fingerprint density at radius 2 is 1.69 bits per heavy atom. The van der Waals surface area contributed by atoms with Crippen molar-refractivity contribution in [2.75, 3.05) is 0 Å². The van der Waals surface area contributed by atoms with E-state index in [0.717, 1.165) is 40.3 Å². The summed E-state index contributed by atoms with van der Waals surface area (Å²) in [6.07, 6.45) is 11.2. The summed E-state index contributed by atoms with van der Waals surface area (Å²) in [6.45, 7) is 10.2. The highest BCUT2D eigenvalue weighted by Crippen LogP contribution is 2.65. The maximum atomic E-state index is 4.19. The molecule has 0 nitrogen and oxygen atoms in total. The van der Waals surface area contributed by atoms with Gasteiger partial charge in [0.05, 0.1) is 0 Å². The lowest BCUT2D eigenvalue weighted by Gasteiger charge is -2.50. The van der Waals surface area contributed by atoms with Gasteiger partial charge >= 0.3 is 0 Å². The minimum Gasteiger partial charge on any atom is -0.0887 e. The third-order valence-electron chi connectivity index (χ3n) is 9.48. The monoisotopic (exact) mass is 518 g/mol.